The highest BCUT2D eigenvalue weighted by Gasteiger charge is 2.57. The molecule has 5 aliphatic carbocycles. The number of hydrogen-bond acceptors (Lipinski definition) is 22. The van der Waals surface area contributed by atoms with Crippen molar-refractivity contribution in [3.05, 3.63) is 314 Å². The van der Waals surface area contributed by atoms with Crippen LogP contribution in [0.4, 0.5) is 59.2 Å². The second-order valence-electron chi connectivity index (χ2n) is 36.9. The monoisotopic (exact) mass is 2510 g/mol. The smallest absolute Gasteiger partial charge is 0.238 e. The first kappa shape index (κ1) is 111. The van der Waals surface area contributed by atoms with Gasteiger partial charge in [0.05, 0.1) is 70.6 Å². The molecule has 48 heteroatoms. The number of aliphatic hydroxyl groups excluding tert-OH is 3. The van der Waals surface area contributed by atoms with E-state index in [9.17, 15) is 70.6 Å². The van der Waals surface area contributed by atoms with E-state index in [0.717, 1.165) is 9.13 Å². The number of halogens is 15. The van der Waals surface area contributed by atoms with E-state index >= 15 is 17.6 Å². The SMILES string of the molecule is Cc1ccnc2c(F)c(Cc3ccc(Br)cc3F)c(NS(=O)(=O)C3CC3)cc12.Cc1cnnc2c(F)c(Cc3ccc(Cl)cc3Cl)c(NS(=O)(=O)C3(CCO)CC3)cc12.Cc1cnnc2c(F)c(Cc3ccc(Cl)cc3Cl)c(NS(=O)(=O)C3CC3)cc12.Cc1ncnc2c(F)c(Cc3ccc(I)cc3F)c(NS(=O)(=O)C3(CCO)CC3)cc12.Cc1nnc2c(Cl)c(Cc3ccc(I)cc3F)c(NS(=O)(=O)C3(CCO)CC3)cn12. The van der Waals surface area contributed by atoms with Crippen LogP contribution in [0.15, 0.2) is 157 Å². The fourth-order valence-corrected chi connectivity index (χ4v) is 27.5. The van der Waals surface area contributed by atoms with Crippen molar-refractivity contribution in [1.82, 2.24) is 49.9 Å². The van der Waals surface area contributed by atoms with Gasteiger partial charge in [0.25, 0.3) is 0 Å². The van der Waals surface area contributed by atoms with Gasteiger partial charge in [-0.2, -0.15) is 10.2 Å². The Balaban J connectivity index is 0.000000132. The summed E-state index contributed by atoms with van der Waals surface area (Å²) in [5.74, 6) is -3.50. The number of hydrogen-bond donors (Lipinski definition) is 8. The third kappa shape index (κ3) is 24.3. The number of aromatic nitrogens is 10. The number of pyridine rings is 2. The fraction of sp³-hybridized carbons (Fsp3) is 0.310. The van der Waals surface area contributed by atoms with Gasteiger partial charge >= 0.3 is 0 Å². The van der Waals surface area contributed by atoms with Crippen molar-refractivity contribution in [1.29, 1.82) is 0 Å². The molecule has 0 radical (unpaired) electrons. The quantitative estimate of drug-likeness (QED) is 0.0148. The van der Waals surface area contributed by atoms with Gasteiger partial charge < -0.3 is 15.3 Å². The number of rotatable bonds is 31. The maximum Gasteiger partial charge on any atom is 0.238 e. The first-order chi connectivity index (χ1) is 70.0. The molecule has 0 amide bonds. The third-order valence-corrected chi connectivity index (χ3v) is 40.5. The van der Waals surface area contributed by atoms with E-state index in [1.165, 1.54) is 49.2 Å². The van der Waals surface area contributed by atoms with Crippen molar-refractivity contribution >= 4 is 247 Å². The van der Waals surface area contributed by atoms with Crippen molar-refractivity contribution in [2.75, 3.05) is 43.4 Å². The Bertz CT molecular complexity index is 8070. The molecule has 5 aliphatic rings. The summed E-state index contributed by atoms with van der Waals surface area (Å²) in [4.78, 5) is 12.2. The van der Waals surface area contributed by atoms with Gasteiger partial charge in [-0.25, -0.2) is 82.8 Å². The number of nitrogens with zero attached hydrogens (tertiary/aromatic N) is 10. The molecule has 0 unspecified atom stereocenters. The van der Waals surface area contributed by atoms with Crippen LogP contribution in [0, 0.1) is 82.5 Å². The van der Waals surface area contributed by atoms with E-state index < -0.39 is 116 Å². The van der Waals surface area contributed by atoms with Gasteiger partial charge in [-0.15, -0.1) is 20.4 Å². The molecule has 0 bridgehead atoms. The van der Waals surface area contributed by atoms with Crippen molar-refractivity contribution in [3.63, 3.8) is 0 Å². The highest BCUT2D eigenvalue weighted by molar-refractivity contribution is 14.1. The molecule has 6 heterocycles. The van der Waals surface area contributed by atoms with Crippen LogP contribution in [-0.2, 0) is 82.2 Å². The lowest BCUT2D eigenvalue weighted by Gasteiger charge is -2.20. The molecule has 15 aromatic rings. The minimum atomic E-state index is -3.91. The minimum absolute atomic E-state index is 0.00841. The summed E-state index contributed by atoms with van der Waals surface area (Å²) in [6.07, 6.45) is 12.7. The van der Waals surface area contributed by atoms with Crippen LogP contribution in [0.5, 0.6) is 0 Å². The largest absolute Gasteiger partial charge is 0.396 e. The summed E-state index contributed by atoms with van der Waals surface area (Å²) in [7, 11) is -18.7. The molecule has 148 heavy (non-hydrogen) atoms. The van der Waals surface area contributed by atoms with E-state index in [-0.39, 0.29) is 160 Å². The van der Waals surface area contributed by atoms with Crippen molar-refractivity contribution in [2.24, 2.45) is 0 Å². The Hall–Kier alpha value is -9.44. The number of aryl methyl sites for hydroxylation is 5. The van der Waals surface area contributed by atoms with Gasteiger partial charge in [-0.1, -0.05) is 104 Å². The molecule has 5 saturated carbocycles. The van der Waals surface area contributed by atoms with Crippen LogP contribution < -0.4 is 23.6 Å². The van der Waals surface area contributed by atoms with Crippen molar-refractivity contribution in [2.45, 2.75) is 175 Å². The number of sulfonamides is 5. The second-order valence-corrected chi connectivity index (χ2v) is 52.5. The van der Waals surface area contributed by atoms with E-state index in [1.54, 1.807) is 142 Å². The first-order valence-electron chi connectivity index (χ1n) is 46.1. The summed E-state index contributed by atoms with van der Waals surface area (Å²) in [5, 5.41) is 54.2. The van der Waals surface area contributed by atoms with Crippen LogP contribution in [0.1, 0.15) is 167 Å². The lowest BCUT2D eigenvalue weighted by atomic mass is 9.99. The van der Waals surface area contributed by atoms with Gasteiger partial charge in [0.15, 0.2) is 28.9 Å². The van der Waals surface area contributed by atoms with E-state index in [4.69, 9.17) is 58.0 Å². The number of fused-ring (bicyclic) bond motifs is 5. The Morgan fingerprint density at radius 2 is 0.770 bits per heavy atom. The Morgan fingerprint density at radius 3 is 1.17 bits per heavy atom. The van der Waals surface area contributed by atoms with Gasteiger partial charge in [0, 0.05) is 151 Å². The second kappa shape index (κ2) is 44.7. The highest BCUT2D eigenvalue weighted by atomic mass is 127. The van der Waals surface area contributed by atoms with Crippen molar-refractivity contribution in [3.8, 4) is 0 Å². The van der Waals surface area contributed by atoms with Crippen LogP contribution in [0.25, 0.3) is 49.3 Å². The standard InChI is InChI=1S/C21H20Cl2FN3O3S.C21H20F2IN3O3S.C20H17BrF2N2O2S.C19H16Cl2FN3O2S.C19H19ClFIN4O3S/c1-12-11-25-26-20-15(12)10-18(27-31(29,30)21(4-5-21)6-7-28)16(19(20)24)8-13-2-3-14(22)9-17(13)23;1-12-15-10-18(27-31(29,30)21(4-5-21)6-7-28)16(19(23)20(15)26-11-25-12)8-13-2-3-14(24)9-17(13)22;1-11-6-7-24-20-15(11)10-18(25-28(26,27)14-4-5-14)16(19(20)23)8-12-2-3-13(21)9-17(12)22;1-10-9-23-24-19-14(10)8-17(25-28(26,27)13-4-5-13)15(18(19)22)6-11-2-3-12(20)7-16(11)21;1-11-23-24-18-17(20)14(8-12-2-3-13(22)9-15(12)21)16(10-26(11)18)25-30(28,29)19(4-5-19)6-7-27/h2*2-3,9-11,27-28H,4-8H2,1H3;2-3,6-7,9-10,14,25H,4-5,8H2,1H3;2-3,7-9,13,25H,4-6H2,1H3;2-3,9-10,25,27H,4-8H2,1H3. The summed E-state index contributed by atoms with van der Waals surface area (Å²) >= 11 is 38.2. The summed E-state index contributed by atoms with van der Waals surface area (Å²) in [6.45, 7) is 8.00. The maximum atomic E-state index is 15.6. The molecule has 28 nitrogen and oxygen atoms in total. The molecule has 0 saturated heterocycles. The zero-order chi connectivity index (χ0) is 107. The summed E-state index contributed by atoms with van der Waals surface area (Å²) in [5.41, 5.74) is 6.95. The average molecular weight is 2520 g/mol. The molecule has 0 spiro atoms. The molecule has 5 fully saturated rings. The van der Waals surface area contributed by atoms with Crippen LogP contribution in [0.2, 0.25) is 25.1 Å². The lowest BCUT2D eigenvalue weighted by molar-refractivity contribution is 0.282. The highest BCUT2D eigenvalue weighted by Crippen LogP contribution is 2.52. The predicted molar refractivity (Wildman–Crippen MR) is 581 cm³/mol. The lowest BCUT2D eigenvalue weighted by Crippen LogP contribution is -2.31. The van der Waals surface area contributed by atoms with Crippen LogP contribution in [-0.4, -0.2) is 152 Å². The molecular formula is C100H92BrCl5F7I2N15O13S5. The molecule has 780 valence electrons. The zero-order valence-corrected chi connectivity index (χ0v) is 92.8. The van der Waals surface area contributed by atoms with E-state index in [1.807, 2.05) is 45.2 Å². The van der Waals surface area contributed by atoms with Crippen LogP contribution >= 0.6 is 119 Å². The van der Waals surface area contributed by atoms with E-state index in [0.29, 0.717) is 164 Å². The molecule has 20 rings (SSSR count). The predicted octanol–water partition coefficient (Wildman–Crippen LogP) is 22.3. The Labute approximate surface area is 908 Å². The summed E-state index contributed by atoms with van der Waals surface area (Å²) in [6, 6.07) is 31.7. The number of benzene rings is 9. The number of anilines is 5. The molecule has 8 N–H and O–H groups in total. The van der Waals surface area contributed by atoms with E-state index in [2.05, 4.69) is 85.1 Å². The first-order valence-corrected chi connectivity index (χ1v) is 58.4. The topological polar surface area (TPSA) is 412 Å². The Morgan fingerprint density at radius 1 is 0.405 bits per heavy atom. The molecule has 0 atom stereocenters. The fourth-order valence-electron chi connectivity index (χ4n) is 17.1. The normalized spacial score (nSPS) is 15.0. The average Bonchev–Trinajstić information content (AvgIpc) is 1.60. The Kier molecular flexibility index (Phi) is 33.6. The maximum absolute atomic E-state index is 15.6. The molecular weight excluding hydrogens is 2420 g/mol. The number of aliphatic hydroxyl groups is 3. The van der Waals surface area contributed by atoms with Gasteiger partial charge in [0.2, 0.25) is 50.1 Å². The molecule has 9 aromatic carbocycles. The molecule has 6 aromatic heterocycles. The minimum Gasteiger partial charge on any atom is -0.396 e. The molecule has 0 aliphatic heterocycles. The van der Waals surface area contributed by atoms with Gasteiger partial charge in [0.1, 0.15) is 51.7 Å². The van der Waals surface area contributed by atoms with Crippen molar-refractivity contribution < 1.29 is 88.1 Å². The third-order valence-electron chi connectivity index (χ3n) is 26.6. The zero-order valence-electron chi connectivity index (χ0n) is 79.0. The summed E-state index contributed by atoms with van der Waals surface area (Å²) < 4.78 is 247. The van der Waals surface area contributed by atoms with Gasteiger partial charge in [-0.05, 0) is 299 Å². The van der Waals surface area contributed by atoms with Crippen LogP contribution in [0.3, 0.4) is 0 Å². The number of nitrogens with one attached hydrogen (secondary N) is 5. The van der Waals surface area contributed by atoms with Gasteiger partial charge in [-0.3, -0.25) is 33.0 Å².